The van der Waals surface area contributed by atoms with Gasteiger partial charge in [0.05, 0.1) is 23.6 Å². The van der Waals surface area contributed by atoms with Gasteiger partial charge in [-0.05, 0) is 25.0 Å². The summed E-state index contributed by atoms with van der Waals surface area (Å²) in [7, 11) is 1.53. The molecule has 0 bridgehead atoms. The Balaban J connectivity index is 2.27. The van der Waals surface area contributed by atoms with Gasteiger partial charge in [-0.1, -0.05) is 0 Å². The Morgan fingerprint density at radius 3 is 2.76 bits per heavy atom. The molecule has 3 rings (SSSR count). The second-order valence-electron chi connectivity index (χ2n) is 4.37. The fraction of sp³-hybridized carbons (Fsp3) is 0.333. The third kappa shape index (κ3) is 1.63. The van der Waals surface area contributed by atoms with Crippen molar-refractivity contribution in [3.63, 3.8) is 0 Å². The quantitative estimate of drug-likeness (QED) is 0.858. The van der Waals surface area contributed by atoms with Crippen molar-refractivity contribution in [3.8, 4) is 5.88 Å². The van der Waals surface area contributed by atoms with Crippen LogP contribution >= 0.6 is 0 Å². The molecule has 88 valence electrons. The molecule has 4 nitrogen and oxygen atoms in total. The van der Waals surface area contributed by atoms with Crippen LogP contribution in [0.25, 0.3) is 10.9 Å². The number of hydrogen-bond acceptors (Lipinski definition) is 4. The minimum Gasteiger partial charge on any atom is -0.480 e. The van der Waals surface area contributed by atoms with Crippen LogP contribution in [-0.4, -0.2) is 17.1 Å². The number of aromatic nitrogens is 2. The maximum atomic E-state index is 13.2. The molecule has 1 fully saturated rings. The summed E-state index contributed by atoms with van der Waals surface area (Å²) in [6.45, 7) is 0. The Bertz CT molecular complexity index is 596. The predicted molar refractivity (Wildman–Crippen MR) is 61.1 cm³/mol. The minimum absolute atomic E-state index is 0.328. The molecule has 0 atom stereocenters. The van der Waals surface area contributed by atoms with Crippen molar-refractivity contribution in [3.05, 3.63) is 29.8 Å². The highest BCUT2D eigenvalue weighted by Crippen LogP contribution is 2.42. The van der Waals surface area contributed by atoms with E-state index in [4.69, 9.17) is 10.5 Å². The number of hydrogen-bond donors (Lipinski definition) is 1. The molecule has 0 spiro atoms. The second-order valence-corrected chi connectivity index (χ2v) is 4.37. The van der Waals surface area contributed by atoms with Crippen LogP contribution in [0, 0.1) is 5.82 Å². The molecule has 1 heterocycles. The monoisotopic (exact) mass is 233 g/mol. The van der Waals surface area contributed by atoms with Crippen molar-refractivity contribution >= 4 is 10.9 Å². The van der Waals surface area contributed by atoms with Crippen LogP contribution in [0.2, 0.25) is 0 Å². The molecule has 1 aromatic carbocycles. The van der Waals surface area contributed by atoms with Crippen molar-refractivity contribution in [2.45, 2.75) is 18.4 Å². The first-order valence-corrected chi connectivity index (χ1v) is 5.43. The summed E-state index contributed by atoms with van der Waals surface area (Å²) < 4.78 is 18.4. The summed E-state index contributed by atoms with van der Waals surface area (Å²) in [4.78, 5) is 8.62. The predicted octanol–water partition coefficient (Wildman–Crippen LogP) is 1.73. The highest BCUT2D eigenvalue weighted by molar-refractivity contribution is 5.83. The topological polar surface area (TPSA) is 61.0 Å². The number of halogens is 1. The Kier molecular flexibility index (Phi) is 2.06. The standard InChI is InChI=1S/C12H12FN3O/c1-17-10-8-3-2-7(13)6-9(8)15-11(16-10)12(14)4-5-12/h2-3,6H,4-5,14H2,1H3. The number of methoxy groups -OCH3 is 1. The zero-order valence-corrected chi connectivity index (χ0v) is 9.40. The lowest BCUT2D eigenvalue weighted by atomic mass is 10.2. The SMILES string of the molecule is COc1nc(C2(N)CC2)nc2cc(F)ccc12. The van der Waals surface area contributed by atoms with E-state index in [0.717, 1.165) is 12.8 Å². The fourth-order valence-corrected chi connectivity index (χ4v) is 1.81. The lowest BCUT2D eigenvalue weighted by Crippen LogP contribution is -2.22. The van der Waals surface area contributed by atoms with Gasteiger partial charge < -0.3 is 10.5 Å². The third-order valence-electron chi connectivity index (χ3n) is 3.05. The molecule has 0 radical (unpaired) electrons. The molecular formula is C12H12FN3O. The molecule has 2 aromatic rings. The number of rotatable bonds is 2. The van der Waals surface area contributed by atoms with Crippen molar-refractivity contribution in [2.75, 3.05) is 7.11 Å². The van der Waals surface area contributed by atoms with Crippen LogP contribution in [-0.2, 0) is 5.54 Å². The second kappa shape index (κ2) is 3.37. The van der Waals surface area contributed by atoms with Gasteiger partial charge in [0.25, 0.3) is 0 Å². The van der Waals surface area contributed by atoms with E-state index >= 15 is 0 Å². The average Bonchev–Trinajstić information content (AvgIpc) is 3.06. The maximum absolute atomic E-state index is 13.2. The fourth-order valence-electron chi connectivity index (χ4n) is 1.81. The molecule has 1 aromatic heterocycles. The molecule has 2 N–H and O–H groups in total. The highest BCUT2D eigenvalue weighted by Gasteiger charge is 2.43. The maximum Gasteiger partial charge on any atom is 0.224 e. The summed E-state index contributed by atoms with van der Waals surface area (Å²) in [6.07, 6.45) is 1.72. The van der Waals surface area contributed by atoms with Crippen LogP contribution < -0.4 is 10.5 Å². The zero-order chi connectivity index (χ0) is 12.0. The number of nitrogens with two attached hydrogens (primary N) is 1. The summed E-state index contributed by atoms with van der Waals surface area (Å²) >= 11 is 0. The number of benzene rings is 1. The van der Waals surface area contributed by atoms with Gasteiger partial charge in [-0.15, -0.1) is 0 Å². The van der Waals surface area contributed by atoms with Crippen molar-refractivity contribution in [1.82, 2.24) is 9.97 Å². The van der Waals surface area contributed by atoms with Gasteiger partial charge in [-0.25, -0.2) is 9.37 Å². The Labute approximate surface area is 97.6 Å². The van der Waals surface area contributed by atoms with Crippen LogP contribution in [0.15, 0.2) is 18.2 Å². The van der Waals surface area contributed by atoms with E-state index in [0.29, 0.717) is 22.6 Å². The van der Waals surface area contributed by atoms with E-state index in [9.17, 15) is 4.39 Å². The van der Waals surface area contributed by atoms with Crippen LogP contribution in [0.4, 0.5) is 4.39 Å². The molecule has 1 saturated carbocycles. The van der Waals surface area contributed by atoms with Gasteiger partial charge in [0.15, 0.2) is 5.82 Å². The van der Waals surface area contributed by atoms with Crippen LogP contribution in [0.3, 0.4) is 0 Å². The molecule has 0 saturated heterocycles. The summed E-state index contributed by atoms with van der Waals surface area (Å²) in [6, 6.07) is 4.35. The summed E-state index contributed by atoms with van der Waals surface area (Å²) in [5, 5.41) is 0.696. The van der Waals surface area contributed by atoms with E-state index in [1.807, 2.05) is 0 Å². The zero-order valence-electron chi connectivity index (χ0n) is 9.40. The molecule has 0 aliphatic heterocycles. The highest BCUT2D eigenvalue weighted by atomic mass is 19.1. The normalized spacial score (nSPS) is 17.1. The van der Waals surface area contributed by atoms with Gasteiger partial charge in [-0.3, -0.25) is 0 Å². The van der Waals surface area contributed by atoms with Gasteiger partial charge in [0.2, 0.25) is 5.88 Å². The largest absolute Gasteiger partial charge is 0.480 e. The molecule has 1 aliphatic carbocycles. The first-order valence-electron chi connectivity index (χ1n) is 5.43. The molecule has 0 amide bonds. The lowest BCUT2D eigenvalue weighted by molar-refractivity contribution is 0.398. The first-order chi connectivity index (χ1) is 8.12. The number of nitrogens with zero attached hydrogens (tertiary/aromatic N) is 2. The molecular weight excluding hydrogens is 221 g/mol. The molecule has 1 aliphatic rings. The number of fused-ring (bicyclic) bond motifs is 1. The van der Waals surface area contributed by atoms with Crippen molar-refractivity contribution in [2.24, 2.45) is 5.73 Å². The van der Waals surface area contributed by atoms with E-state index in [-0.39, 0.29) is 5.82 Å². The van der Waals surface area contributed by atoms with Gasteiger partial charge in [-0.2, -0.15) is 4.98 Å². The van der Waals surface area contributed by atoms with Gasteiger partial charge in [0, 0.05) is 6.07 Å². The van der Waals surface area contributed by atoms with Gasteiger partial charge in [0.1, 0.15) is 5.82 Å². The van der Waals surface area contributed by atoms with E-state index in [1.54, 1.807) is 6.07 Å². The van der Waals surface area contributed by atoms with Crippen LogP contribution in [0.5, 0.6) is 5.88 Å². The molecule has 17 heavy (non-hydrogen) atoms. The van der Waals surface area contributed by atoms with Crippen molar-refractivity contribution in [1.29, 1.82) is 0 Å². The Hall–Kier alpha value is -1.75. The van der Waals surface area contributed by atoms with E-state index < -0.39 is 5.54 Å². The minimum atomic E-state index is -0.451. The Morgan fingerprint density at radius 1 is 1.35 bits per heavy atom. The van der Waals surface area contributed by atoms with Crippen molar-refractivity contribution < 1.29 is 9.13 Å². The summed E-state index contributed by atoms with van der Waals surface area (Å²) in [5.74, 6) is 0.653. The van der Waals surface area contributed by atoms with E-state index in [1.165, 1.54) is 19.2 Å². The summed E-state index contributed by atoms with van der Waals surface area (Å²) in [5.41, 5.74) is 6.13. The number of ether oxygens (including phenoxy) is 1. The van der Waals surface area contributed by atoms with E-state index in [2.05, 4.69) is 9.97 Å². The Morgan fingerprint density at radius 2 is 2.12 bits per heavy atom. The van der Waals surface area contributed by atoms with Crippen LogP contribution in [0.1, 0.15) is 18.7 Å². The third-order valence-corrected chi connectivity index (χ3v) is 3.05. The van der Waals surface area contributed by atoms with Gasteiger partial charge >= 0.3 is 0 Å². The lowest BCUT2D eigenvalue weighted by Gasteiger charge is -2.11. The molecule has 5 heteroatoms. The average molecular weight is 233 g/mol. The smallest absolute Gasteiger partial charge is 0.224 e. The molecule has 0 unspecified atom stereocenters. The first kappa shape index (κ1) is 10.4.